The van der Waals surface area contributed by atoms with Crippen molar-refractivity contribution in [2.75, 3.05) is 13.7 Å². The summed E-state index contributed by atoms with van der Waals surface area (Å²) in [7, 11) is 3.45. The Balaban J connectivity index is 1.54. The number of benzene rings is 1. The molecule has 2 amide bonds. The van der Waals surface area contributed by atoms with Gasteiger partial charge in [0.15, 0.2) is 0 Å². The lowest BCUT2D eigenvalue weighted by Crippen LogP contribution is -2.33. The molecule has 25 heavy (non-hydrogen) atoms. The van der Waals surface area contributed by atoms with Gasteiger partial charge in [-0.1, -0.05) is 12.1 Å². The molecule has 7 nitrogen and oxygen atoms in total. The van der Waals surface area contributed by atoms with Crippen molar-refractivity contribution in [3.63, 3.8) is 0 Å². The molecule has 1 aromatic carbocycles. The highest BCUT2D eigenvalue weighted by atomic mass is 16.5. The topological polar surface area (TPSA) is 76.5 Å². The van der Waals surface area contributed by atoms with Gasteiger partial charge in [-0.25, -0.2) is 0 Å². The van der Waals surface area contributed by atoms with E-state index < -0.39 is 0 Å². The molecule has 2 aromatic rings. The number of aromatic nitrogens is 2. The Morgan fingerprint density at radius 3 is 2.72 bits per heavy atom. The molecule has 0 aliphatic carbocycles. The fourth-order valence-electron chi connectivity index (χ4n) is 2.95. The highest BCUT2D eigenvalue weighted by Crippen LogP contribution is 2.21. The number of hydrogen-bond donors (Lipinski definition) is 1. The zero-order chi connectivity index (χ0) is 17.8. The first-order valence-electron chi connectivity index (χ1n) is 8.22. The van der Waals surface area contributed by atoms with Gasteiger partial charge in [0.25, 0.3) is 0 Å². The van der Waals surface area contributed by atoms with Gasteiger partial charge in [-0.15, -0.1) is 0 Å². The van der Waals surface area contributed by atoms with Crippen LogP contribution in [0.3, 0.4) is 0 Å². The maximum absolute atomic E-state index is 12.3. The minimum atomic E-state index is -0.307. The molecule has 0 spiro atoms. The molecule has 1 N–H and O–H groups in total. The first-order valence-corrected chi connectivity index (χ1v) is 8.22. The summed E-state index contributed by atoms with van der Waals surface area (Å²) in [5, 5.41) is 6.96. The van der Waals surface area contributed by atoms with Crippen LogP contribution in [-0.4, -0.2) is 40.1 Å². The molecule has 0 radical (unpaired) electrons. The molecule has 3 rings (SSSR count). The van der Waals surface area contributed by atoms with E-state index in [-0.39, 0.29) is 24.2 Å². The SMILES string of the molecule is COc1ccc(CN2CC(C(=O)NCc3ccnn3C)CC2=O)cc1. The number of likely N-dealkylation sites (tertiary alicyclic amines) is 1. The second kappa shape index (κ2) is 7.38. The molecule has 1 aromatic heterocycles. The Morgan fingerprint density at radius 1 is 1.32 bits per heavy atom. The number of methoxy groups -OCH3 is 1. The van der Waals surface area contributed by atoms with Gasteiger partial charge in [-0.2, -0.15) is 5.10 Å². The average Bonchev–Trinajstić information content (AvgIpc) is 3.19. The molecule has 1 atom stereocenters. The third kappa shape index (κ3) is 3.99. The number of nitrogens with one attached hydrogen (secondary N) is 1. The number of nitrogens with zero attached hydrogens (tertiary/aromatic N) is 3. The van der Waals surface area contributed by atoms with Crippen LogP contribution in [0.4, 0.5) is 0 Å². The lowest BCUT2D eigenvalue weighted by Gasteiger charge is -2.17. The standard InChI is InChI=1S/C18H22N4O3/c1-21-15(7-8-20-21)10-19-18(24)14-9-17(23)22(12-14)11-13-3-5-16(25-2)6-4-13/h3-8,14H,9-12H2,1-2H3,(H,19,24). The van der Waals surface area contributed by atoms with Crippen molar-refractivity contribution in [1.29, 1.82) is 0 Å². The summed E-state index contributed by atoms with van der Waals surface area (Å²) < 4.78 is 6.85. The smallest absolute Gasteiger partial charge is 0.225 e. The van der Waals surface area contributed by atoms with Gasteiger partial charge in [0.05, 0.1) is 25.3 Å². The van der Waals surface area contributed by atoms with Crippen LogP contribution < -0.4 is 10.1 Å². The number of hydrogen-bond acceptors (Lipinski definition) is 4. The van der Waals surface area contributed by atoms with Crippen molar-refractivity contribution in [1.82, 2.24) is 20.0 Å². The zero-order valence-corrected chi connectivity index (χ0v) is 14.4. The molecule has 1 fully saturated rings. The number of amides is 2. The Bertz CT molecular complexity index is 754. The quantitative estimate of drug-likeness (QED) is 0.853. The van der Waals surface area contributed by atoms with Crippen molar-refractivity contribution < 1.29 is 14.3 Å². The molecule has 7 heteroatoms. The number of carbonyl (C=O) groups excluding carboxylic acids is 2. The van der Waals surface area contributed by atoms with Gasteiger partial charge in [0, 0.05) is 32.8 Å². The fourth-order valence-corrected chi connectivity index (χ4v) is 2.95. The molecular weight excluding hydrogens is 320 g/mol. The van der Waals surface area contributed by atoms with Crippen LogP contribution in [0.15, 0.2) is 36.5 Å². The van der Waals surface area contributed by atoms with Gasteiger partial charge in [-0.3, -0.25) is 14.3 Å². The Morgan fingerprint density at radius 2 is 2.08 bits per heavy atom. The second-order valence-electron chi connectivity index (χ2n) is 6.19. The summed E-state index contributed by atoms with van der Waals surface area (Å²) in [6.07, 6.45) is 1.95. The summed E-state index contributed by atoms with van der Waals surface area (Å²) in [4.78, 5) is 26.3. The van der Waals surface area contributed by atoms with E-state index >= 15 is 0 Å². The third-order valence-corrected chi connectivity index (χ3v) is 4.48. The Labute approximate surface area is 146 Å². The van der Waals surface area contributed by atoms with E-state index in [4.69, 9.17) is 4.74 Å². The van der Waals surface area contributed by atoms with Crippen molar-refractivity contribution in [2.24, 2.45) is 13.0 Å². The average molecular weight is 342 g/mol. The van der Waals surface area contributed by atoms with Crippen LogP contribution in [0.2, 0.25) is 0 Å². The molecule has 1 aliphatic heterocycles. The van der Waals surface area contributed by atoms with E-state index in [2.05, 4.69) is 10.4 Å². The Kier molecular flexibility index (Phi) is 5.02. The first-order chi connectivity index (χ1) is 12.1. The van der Waals surface area contributed by atoms with E-state index in [1.54, 1.807) is 22.9 Å². The highest BCUT2D eigenvalue weighted by molar-refractivity contribution is 5.89. The van der Waals surface area contributed by atoms with E-state index in [1.807, 2.05) is 37.4 Å². The summed E-state index contributed by atoms with van der Waals surface area (Å²) in [6, 6.07) is 9.46. The highest BCUT2D eigenvalue weighted by Gasteiger charge is 2.34. The van der Waals surface area contributed by atoms with Crippen LogP contribution in [-0.2, 0) is 29.7 Å². The van der Waals surface area contributed by atoms with Gasteiger partial charge in [0.1, 0.15) is 5.75 Å². The number of aryl methyl sites for hydroxylation is 1. The maximum Gasteiger partial charge on any atom is 0.225 e. The molecule has 0 saturated carbocycles. The zero-order valence-electron chi connectivity index (χ0n) is 14.4. The van der Waals surface area contributed by atoms with E-state index in [0.29, 0.717) is 19.6 Å². The third-order valence-electron chi connectivity index (χ3n) is 4.48. The van der Waals surface area contributed by atoms with Crippen molar-refractivity contribution >= 4 is 11.8 Å². The summed E-state index contributed by atoms with van der Waals surface area (Å²) in [6.45, 7) is 1.37. The number of rotatable bonds is 6. The lowest BCUT2D eigenvalue weighted by molar-refractivity contribution is -0.129. The van der Waals surface area contributed by atoms with Crippen molar-refractivity contribution in [3.8, 4) is 5.75 Å². The molecule has 1 saturated heterocycles. The normalized spacial score (nSPS) is 17.0. The number of ether oxygens (including phenoxy) is 1. The second-order valence-corrected chi connectivity index (χ2v) is 6.19. The van der Waals surface area contributed by atoms with Gasteiger partial charge >= 0.3 is 0 Å². The van der Waals surface area contributed by atoms with Crippen LogP contribution in [0.5, 0.6) is 5.75 Å². The summed E-state index contributed by atoms with van der Waals surface area (Å²) >= 11 is 0. The molecule has 2 heterocycles. The van der Waals surface area contributed by atoms with Crippen LogP contribution in [0, 0.1) is 5.92 Å². The largest absolute Gasteiger partial charge is 0.497 e. The Hall–Kier alpha value is -2.83. The summed E-state index contributed by atoms with van der Waals surface area (Å²) in [5.41, 5.74) is 1.94. The molecule has 1 unspecified atom stereocenters. The molecule has 0 bridgehead atoms. The molecule has 132 valence electrons. The molecule has 1 aliphatic rings. The van der Waals surface area contributed by atoms with Crippen LogP contribution in [0.25, 0.3) is 0 Å². The van der Waals surface area contributed by atoms with Gasteiger partial charge in [-0.05, 0) is 23.8 Å². The minimum Gasteiger partial charge on any atom is -0.497 e. The van der Waals surface area contributed by atoms with E-state index in [0.717, 1.165) is 17.0 Å². The van der Waals surface area contributed by atoms with Gasteiger partial charge in [0.2, 0.25) is 11.8 Å². The number of carbonyl (C=O) groups is 2. The van der Waals surface area contributed by atoms with Crippen molar-refractivity contribution in [2.45, 2.75) is 19.5 Å². The van der Waals surface area contributed by atoms with Gasteiger partial charge < -0.3 is 15.0 Å². The fraction of sp³-hybridized carbons (Fsp3) is 0.389. The summed E-state index contributed by atoms with van der Waals surface area (Å²) in [5.74, 6) is 0.395. The minimum absolute atomic E-state index is 0.0106. The van der Waals surface area contributed by atoms with Crippen LogP contribution >= 0.6 is 0 Å². The first kappa shape index (κ1) is 17.0. The lowest BCUT2D eigenvalue weighted by atomic mass is 10.1. The van der Waals surface area contributed by atoms with Crippen molar-refractivity contribution in [3.05, 3.63) is 47.8 Å². The predicted molar refractivity (Wildman–Crippen MR) is 91.6 cm³/mol. The molecular formula is C18H22N4O3. The monoisotopic (exact) mass is 342 g/mol. The van der Waals surface area contributed by atoms with E-state index in [9.17, 15) is 9.59 Å². The maximum atomic E-state index is 12.3. The predicted octanol–water partition coefficient (Wildman–Crippen LogP) is 1.09. The van der Waals surface area contributed by atoms with E-state index in [1.165, 1.54) is 0 Å². The van der Waals surface area contributed by atoms with Crippen LogP contribution in [0.1, 0.15) is 17.7 Å².